The Bertz CT molecular complexity index is 578. The molecule has 1 aromatic carbocycles. The van der Waals surface area contributed by atoms with E-state index in [4.69, 9.17) is 5.11 Å². The summed E-state index contributed by atoms with van der Waals surface area (Å²) in [7, 11) is 0. The molecule has 1 aliphatic heterocycles. The highest BCUT2D eigenvalue weighted by molar-refractivity contribution is 5.94. The Hall–Kier alpha value is -1.60. The number of nitrogens with one attached hydrogen (secondary N) is 1. The van der Waals surface area contributed by atoms with Gasteiger partial charge in [0.25, 0.3) is 0 Å². The predicted octanol–water partition coefficient (Wildman–Crippen LogP) is 3.52. The first-order valence-corrected chi connectivity index (χ1v) is 8.64. The summed E-state index contributed by atoms with van der Waals surface area (Å²) in [4.78, 5) is 14.5. The van der Waals surface area contributed by atoms with Crippen molar-refractivity contribution in [3.05, 3.63) is 29.8 Å². The molecule has 0 radical (unpaired) electrons. The summed E-state index contributed by atoms with van der Waals surface area (Å²) in [6, 6.07) is 4.26. The van der Waals surface area contributed by atoms with E-state index in [1.807, 2.05) is 0 Å². The molecule has 0 spiro atoms. The third-order valence-electron chi connectivity index (χ3n) is 4.80. The lowest BCUT2D eigenvalue weighted by molar-refractivity contribution is -0.137. The Kier molecular flexibility index (Phi) is 6.84. The van der Waals surface area contributed by atoms with Crippen molar-refractivity contribution < 1.29 is 23.1 Å². The van der Waals surface area contributed by atoms with E-state index >= 15 is 0 Å². The van der Waals surface area contributed by atoms with Gasteiger partial charge in [-0.15, -0.1) is 0 Å². The number of hydrogen-bond acceptors (Lipinski definition) is 3. The Morgan fingerprint density at radius 3 is 2.80 bits per heavy atom. The highest BCUT2D eigenvalue weighted by Gasteiger charge is 2.31. The Labute approximate surface area is 146 Å². The minimum absolute atomic E-state index is 0.152. The number of halogens is 3. The summed E-state index contributed by atoms with van der Waals surface area (Å²) < 4.78 is 38.3. The average molecular weight is 358 g/mol. The second-order valence-corrected chi connectivity index (χ2v) is 6.59. The highest BCUT2D eigenvalue weighted by Crippen LogP contribution is 2.30. The van der Waals surface area contributed by atoms with Crippen LogP contribution in [0.5, 0.6) is 0 Å². The van der Waals surface area contributed by atoms with Gasteiger partial charge in [0.1, 0.15) is 0 Å². The molecular weight excluding hydrogens is 333 g/mol. The second kappa shape index (κ2) is 8.67. The minimum Gasteiger partial charge on any atom is -0.396 e. The van der Waals surface area contributed by atoms with E-state index in [1.54, 1.807) is 6.92 Å². The number of nitrogens with zero attached hydrogens (tertiary/aromatic N) is 1. The van der Waals surface area contributed by atoms with Crippen molar-refractivity contribution in [2.45, 2.75) is 44.8 Å². The van der Waals surface area contributed by atoms with Gasteiger partial charge in [-0.2, -0.15) is 13.2 Å². The van der Waals surface area contributed by atoms with Gasteiger partial charge in [0.2, 0.25) is 5.91 Å². The molecule has 2 unspecified atom stereocenters. The first-order valence-electron chi connectivity index (χ1n) is 8.64. The molecule has 1 amide bonds. The van der Waals surface area contributed by atoms with Crippen molar-refractivity contribution in [2.24, 2.45) is 5.92 Å². The lowest BCUT2D eigenvalue weighted by atomic mass is 9.98. The van der Waals surface area contributed by atoms with E-state index < -0.39 is 17.8 Å². The van der Waals surface area contributed by atoms with Gasteiger partial charge >= 0.3 is 6.18 Å². The van der Waals surface area contributed by atoms with Crippen LogP contribution in [0, 0.1) is 5.92 Å². The smallest absolute Gasteiger partial charge is 0.396 e. The molecule has 7 heteroatoms. The van der Waals surface area contributed by atoms with Crippen molar-refractivity contribution in [2.75, 3.05) is 25.0 Å². The van der Waals surface area contributed by atoms with Crippen molar-refractivity contribution >= 4 is 11.6 Å². The topological polar surface area (TPSA) is 52.6 Å². The fourth-order valence-corrected chi connectivity index (χ4v) is 3.23. The molecule has 4 nitrogen and oxygen atoms in total. The number of rotatable bonds is 5. The van der Waals surface area contributed by atoms with E-state index in [0.29, 0.717) is 5.92 Å². The van der Waals surface area contributed by atoms with E-state index in [-0.39, 0.29) is 18.2 Å². The van der Waals surface area contributed by atoms with E-state index in [2.05, 4.69) is 10.2 Å². The van der Waals surface area contributed by atoms with Crippen LogP contribution in [-0.4, -0.2) is 41.7 Å². The Morgan fingerprint density at radius 2 is 2.12 bits per heavy atom. The molecule has 0 saturated carbocycles. The first kappa shape index (κ1) is 19.7. The quantitative estimate of drug-likeness (QED) is 0.847. The minimum atomic E-state index is -4.43. The summed E-state index contributed by atoms with van der Waals surface area (Å²) in [5.41, 5.74) is -0.626. The maximum atomic E-state index is 12.8. The monoisotopic (exact) mass is 358 g/mol. The van der Waals surface area contributed by atoms with Gasteiger partial charge in [-0.3, -0.25) is 9.69 Å². The lowest BCUT2D eigenvalue weighted by Crippen LogP contribution is -2.42. The molecule has 25 heavy (non-hydrogen) atoms. The largest absolute Gasteiger partial charge is 0.416 e. The van der Waals surface area contributed by atoms with Crippen LogP contribution < -0.4 is 5.32 Å². The Balaban J connectivity index is 1.96. The van der Waals surface area contributed by atoms with Crippen LogP contribution in [0.4, 0.5) is 18.9 Å². The fourth-order valence-electron chi connectivity index (χ4n) is 3.23. The van der Waals surface area contributed by atoms with Gasteiger partial charge in [0.05, 0.1) is 11.6 Å². The SMILES string of the molecule is CC(C(=O)Nc1cccc(C(F)(F)F)c1)N1CCCC(CCO)CC1. The summed E-state index contributed by atoms with van der Waals surface area (Å²) in [6.45, 7) is 3.48. The van der Waals surface area contributed by atoms with Gasteiger partial charge in [-0.25, -0.2) is 0 Å². The fraction of sp³-hybridized carbons (Fsp3) is 0.611. The summed E-state index contributed by atoms with van der Waals surface area (Å²) >= 11 is 0. The molecule has 1 heterocycles. The van der Waals surface area contributed by atoms with Gasteiger partial charge in [-0.05, 0) is 69.8 Å². The number of aliphatic hydroxyl groups excluding tert-OH is 1. The van der Waals surface area contributed by atoms with Crippen LogP contribution >= 0.6 is 0 Å². The van der Waals surface area contributed by atoms with Crippen LogP contribution in [-0.2, 0) is 11.0 Å². The zero-order valence-electron chi connectivity index (χ0n) is 14.4. The summed E-state index contributed by atoms with van der Waals surface area (Å²) in [5, 5.41) is 11.6. The zero-order valence-corrected chi connectivity index (χ0v) is 14.4. The second-order valence-electron chi connectivity index (χ2n) is 6.59. The first-order chi connectivity index (χ1) is 11.8. The molecule has 1 fully saturated rings. The summed E-state index contributed by atoms with van der Waals surface area (Å²) in [6.07, 6.45) is -0.760. The van der Waals surface area contributed by atoms with Gasteiger partial charge in [0, 0.05) is 12.3 Å². The van der Waals surface area contributed by atoms with Crippen molar-refractivity contribution in [1.29, 1.82) is 0 Å². The van der Waals surface area contributed by atoms with Crippen LogP contribution in [0.3, 0.4) is 0 Å². The third-order valence-corrected chi connectivity index (χ3v) is 4.80. The molecule has 2 atom stereocenters. The third kappa shape index (κ3) is 5.71. The standard InChI is InChI=1S/C18H25F3N2O2/c1-13(23-9-3-4-14(7-10-23)8-11-24)17(25)22-16-6-2-5-15(12-16)18(19,20)21/h2,5-6,12-14,24H,3-4,7-11H2,1H3,(H,22,25). The van der Waals surface area contributed by atoms with Crippen LogP contribution in [0.2, 0.25) is 0 Å². The number of alkyl halides is 3. The molecule has 2 rings (SSSR count). The van der Waals surface area contributed by atoms with Crippen LogP contribution in [0.15, 0.2) is 24.3 Å². The number of carbonyl (C=O) groups is 1. The number of anilines is 1. The molecule has 1 aromatic rings. The number of aliphatic hydroxyl groups is 1. The number of likely N-dealkylation sites (tertiary alicyclic amines) is 1. The number of carbonyl (C=O) groups excluding carboxylic acids is 1. The average Bonchev–Trinajstić information content (AvgIpc) is 2.79. The van der Waals surface area contributed by atoms with Crippen LogP contribution in [0.25, 0.3) is 0 Å². The van der Waals surface area contributed by atoms with E-state index in [9.17, 15) is 18.0 Å². The lowest BCUT2D eigenvalue weighted by Gasteiger charge is -2.27. The Morgan fingerprint density at radius 1 is 1.36 bits per heavy atom. The molecule has 0 bridgehead atoms. The normalized spacial score (nSPS) is 20.8. The van der Waals surface area contributed by atoms with Crippen molar-refractivity contribution in [3.63, 3.8) is 0 Å². The zero-order chi connectivity index (χ0) is 18.4. The predicted molar refractivity (Wildman–Crippen MR) is 90.2 cm³/mol. The van der Waals surface area contributed by atoms with Crippen molar-refractivity contribution in [1.82, 2.24) is 4.90 Å². The number of amides is 1. The van der Waals surface area contributed by atoms with Crippen molar-refractivity contribution in [3.8, 4) is 0 Å². The molecule has 0 aromatic heterocycles. The maximum Gasteiger partial charge on any atom is 0.416 e. The molecule has 1 saturated heterocycles. The molecule has 140 valence electrons. The van der Waals surface area contributed by atoms with Crippen LogP contribution in [0.1, 0.15) is 38.2 Å². The summed E-state index contributed by atoms with van der Waals surface area (Å²) in [5.74, 6) is 0.161. The maximum absolute atomic E-state index is 12.8. The van der Waals surface area contributed by atoms with E-state index in [0.717, 1.165) is 50.9 Å². The molecular formula is C18H25F3N2O2. The van der Waals surface area contributed by atoms with Gasteiger partial charge < -0.3 is 10.4 Å². The number of benzene rings is 1. The molecule has 1 aliphatic rings. The van der Waals surface area contributed by atoms with E-state index in [1.165, 1.54) is 12.1 Å². The molecule has 0 aliphatic carbocycles. The molecule has 2 N–H and O–H groups in total. The highest BCUT2D eigenvalue weighted by atomic mass is 19.4. The number of hydrogen-bond donors (Lipinski definition) is 2. The van der Waals surface area contributed by atoms with Gasteiger partial charge in [0.15, 0.2) is 0 Å². The van der Waals surface area contributed by atoms with Gasteiger partial charge in [-0.1, -0.05) is 6.07 Å².